The number of carbonyl (C=O) groups is 1. The molecule has 2 N–H and O–H groups in total. The van der Waals surface area contributed by atoms with Crippen molar-refractivity contribution in [2.75, 3.05) is 12.4 Å². The van der Waals surface area contributed by atoms with Gasteiger partial charge >= 0.3 is 5.97 Å². The van der Waals surface area contributed by atoms with Crippen molar-refractivity contribution >= 4 is 22.6 Å². The number of hydrogen-bond acceptors (Lipinski definition) is 4. The molecule has 118 valence electrons. The van der Waals surface area contributed by atoms with Gasteiger partial charge in [0.15, 0.2) is 0 Å². The lowest BCUT2D eigenvalue weighted by Gasteiger charge is -2.06. The van der Waals surface area contributed by atoms with Crippen LogP contribution in [0.15, 0.2) is 36.5 Å². The SMILES string of the molecule is CNc1ccc(Oc2ccc3c(C)c(C(=O)O)n(C)c3c2)nc1. The number of nitrogens with zero attached hydrogens (tertiary/aromatic N) is 2. The molecule has 0 aliphatic heterocycles. The molecule has 0 aliphatic rings. The molecule has 0 saturated heterocycles. The summed E-state index contributed by atoms with van der Waals surface area (Å²) in [5, 5.41) is 13.2. The first-order valence-corrected chi connectivity index (χ1v) is 7.15. The highest BCUT2D eigenvalue weighted by Gasteiger charge is 2.17. The summed E-state index contributed by atoms with van der Waals surface area (Å²) >= 11 is 0. The average Bonchev–Trinajstić information content (AvgIpc) is 2.79. The number of carboxylic acids is 1. The monoisotopic (exact) mass is 311 g/mol. The van der Waals surface area contributed by atoms with E-state index in [1.165, 1.54) is 0 Å². The number of ether oxygens (including phenoxy) is 1. The maximum Gasteiger partial charge on any atom is 0.352 e. The van der Waals surface area contributed by atoms with Gasteiger partial charge in [0.05, 0.1) is 17.4 Å². The summed E-state index contributed by atoms with van der Waals surface area (Å²) in [7, 11) is 3.56. The molecule has 0 saturated carbocycles. The number of aromatic carboxylic acids is 1. The van der Waals surface area contributed by atoms with Crippen molar-refractivity contribution in [1.82, 2.24) is 9.55 Å². The third-order valence-corrected chi connectivity index (χ3v) is 3.88. The number of benzene rings is 1. The zero-order valence-corrected chi connectivity index (χ0v) is 13.1. The first-order valence-electron chi connectivity index (χ1n) is 7.15. The molecule has 2 heterocycles. The smallest absolute Gasteiger partial charge is 0.352 e. The first-order chi connectivity index (χ1) is 11.0. The van der Waals surface area contributed by atoms with E-state index < -0.39 is 5.97 Å². The second kappa shape index (κ2) is 5.64. The Kier molecular flexibility index (Phi) is 3.65. The lowest BCUT2D eigenvalue weighted by molar-refractivity contribution is 0.0686. The highest BCUT2D eigenvalue weighted by atomic mass is 16.5. The minimum atomic E-state index is -0.937. The molecule has 1 aromatic carbocycles. The largest absolute Gasteiger partial charge is 0.477 e. The van der Waals surface area contributed by atoms with Crippen LogP contribution in [0.25, 0.3) is 10.9 Å². The molecule has 0 fully saturated rings. The summed E-state index contributed by atoms with van der Waals surface area (Å²) in [6, 6.07) is 9.15. The Labute approximate surface area is 133 Å². The predicted molar refractivity (Wildman–Crippen MR) is 88.5 cm³/mol. The number of aromatic nitrogens is 2. The van der Waals surface area contributed by atoms with Gasteiger partial charge in [-0.2, -0.15) is 0 Å². The fraction of sp³-hybridized carbons (Fsp3) is 0.176. The Morgan fingerprint density at radius 2 is 2.09 bits per heavy atom. The Morgan fingerprint density at radius 3 is 2.70 bits per heavy atom. The van der Waals surface area contributed by atoms with Crippen LogP contribution in [0.4, 0.5) is 5.69 Å². The van der Waals surface area contributed by atoms with Crippen molar-refractivity contribution in [2.24, 2.45) is 7.05 Å². The van der Waals surface area contributed by atoms with Crippen LogP contribution in [-0.2, 0) is 7.05 Å². The van der Waals surface area contributed by atoms with Gasteiger partial charge in [-0.15, -0.1) is 0 Å². The van der Waals surface area contributed by atoms with E-state index >= 15 is 0 Å². The molecule has 0 aliphatic carbocycles. The van der Waals surface area contributed by atoms with Gasteiger partial charge in [-0.05, 0) is 30.7 Å². The van der Waals surface area contributed by atoms with E-state index in [4.69, 9.17) is 4.74 Å². The van der Waals surface area contributed by atoms with Gasteiger partial charge < -0.3 is 19.7 Å². The van der Waals surface area contributed by atoms with Gasteiger partial charge in [-0.25, -0.2) is 9.78 Å². The highest BCUT2D eigenvalue weighted by molar-refractivity contribution is 5.98. The van der Waals surface area contributed by atoms with Crippen LogP contribution in [0, 0.1) is 6.92 Å². The van der Waals surface area contributed by atoms with Crippen molar-refractivity contribution in [2.45, 2.75) is 6.92 Å². The molecule has 23 heavy (non-hydrogen) atoms. The molecule has 3 rings (SSSR count). The standard InChI is InChI=1S/C17H17N3O3/c1-10-13-6-5-12(8-14(13)20(3)16(10)17(21)22)23-15-7-4-11(18-2)9-19-15/h4-9,18H,1-3H3,(H,21,22). The van der Waals surface area contributed by atoms with E-state index in [2.05, 4.69) is 10.3 Å². The number of carboxylic acid groups (broad SMARTS) is 1. The van der Waals surface area contributed by atoms with Crippen LogP contribution in [0.3, 0.4) is 0 Å². The molecule has 0 unspecified atom stereocenters. The van der Waals surface area contributed by atoms with Gasteiger partial charge in [0.25, 0.3) is 0 Å². The second-order valence-electron chi connectivity index (χ2n) is 5.25. The van der Waals surface area contributed by atoms with Crippen molar-refractivity contribution in [3.63, 3.8) is 0 Å². The van der Waals surface area contributed by atoms with Crippen molar-refractivity contribution < 1.29 is 14.6 Å². The molecule has 0 radical (unpaired) electrons. The van der Waals surface area contributed by atoms with Gasteiger partial charge in [-0.3, -0.25) is 0 Å². The Morgan fingerprint density at radius 1 is 1.30 bits per heavy atom. The molecule has 0 atom stereocenters. The molecule has 0 amide bonds. The summed E-state index contributed by atoms with van der Waals surface area (Å²) in [5.74, 6) is 0.153. The summed E-state index contributed by atoms with van der Waals surface area (Å²) in [6.45, 7) is 1.81. The third-order valence-electron chi connectivity index (χ3n) is 3.88. The van der Waals surface area contributed by atoms with Crippen LogP contribution in [0.5, 0.6) is 11.6 Å². The molecular weight excluding hydrogens is 294 g/mol. The van der Waals surface area contributed by atoms with Crippen LogP contribution >= 0.6 is 0 Å². The van der Waals surface area contributed by atoms with E-state index in [1.807, 2.05) is 38.2 Å². The van der Waals surface area contributed by atoms with Gasteiger partial charge in [0, 0.05) is 31.6 Å². The number of aryl methyl sites for hydroxylation is 2. The van der Waals surface area contributed by atoms with Crippen molar-refractivity contribution in [1.29, 1.82) is 0 Å². The maximum atomic E-state index is 11.4. The van der Waals surface area contributed by atoms with E-state index in [9.17, 15) is 9.90 Å². The lowest BCUT2D eigenvalue weighted by Crippen LogP contribution is -2.05. The van der Waals surface area contributed by atoms with Crippen LogP contribution in [-0.4, -0.2) is 27.7 Å². The minimum Gasteiger partial charge on any atom is -0.477 e. The molecule has 6 heteroatoms. The van der Waals surface area contributed by atoms with Crippen LogP contribution in [0.2, 0.25) is 0 Å². The third kappa shape index (κ3) is 2.59. The number of hydrogen-bond donors (Lipinski definition) is 2. The lowest BCUT2D eigenvalue weighted by atomic mass is 10.1. The average molecular weight is 311 g/mol. The van der Waals surface area contributed by atoms with E-state index in [0.717, 1.165) is 22.2 Å². The normalized spacial score (nSPS) is 10.7. The number of nitrogens with one attached hydrogen (secondary N) is 1. The topological polar surface area (TPSA) is 76.4 Å². The zero-order chi connectivity index (χ0) is 16.6. The summed E-state index contributed by atoms with van der Waals surface area (Å²) < 4.78 is 7.41. The van der Waals surface area contributed by atoms with Gasteiger partial charge in [0.2, 0.25) is 5.88 Å². The van der Waals surface area contributed by atoms with Crippen molar-refractivity contribution in [3.8, 4) is 11.6 Å². The number of pyridine rings is 1. The molecule has 3 aromatic rings. The second-order valence-corrected chi connectivity index (χ2v) is 5.25. The Balaban J connectivity index is 1.99. The van der Waals surface area contributed by atoms with Crippen LogP contribution < -0.4 is 10.1 Å². The first kappa shape index (κ1) is 14.9. The highest BCUT2D eigenvalue weighted by Crippen LogP contribution is 2.30. The predicted octanol–water partition coefficient (Wildman–Crippen LogP) is 3.41. The fourth-order valence-corrected chi connectivity index (χ4v) is 2.68. The maximum absolute atomic E-state index is 11.4. The fourth-order valence-electron chi connectivity index (χ4n) is 2.68. The zero-order valence-electron chi connectivity index (χ0n) is 13.1. The summed E-state index contributed by atoms with van der Waals surface area (Å²) in [4.78, 5) is 15.6. The summed E-state index contributed by atoms with van der Waals surface area (Å²) in [5.41, 5.74) is 2.74. The van der Waals surface area contributed by atoms with Crippen LogP contribution in [0.1, 0.15) is 16.1 Å². The van der Waals surface area contributed by atoms with Crippen molar-refractivity contribution in [3.05, 3.63) is 47.8 Å². The number of rotatable bonds is 4. The van der Waals surface area contributed by atoms with Gasteiger partial charge in [-0.1, -0.05) is 0 Å². The molecule has 0 spiro atoms. The molecule has 0 bridgehead atoms. The minimum absolute atomic E-state index is 0.286. The number of fused-ring (bicyclic) bond motifs is 1. The van der Waals surface area contributed by atoms with E-state index in [1.54, 1.807) is 23.9 Å². The summed E-state index contributed by atoms with van der Waals surface area (Å²) in [6.07, 6.45) is 1.68. The molecule has 2 aromatic heterocycles. The van der Waals surface area contributed by atoms with E-state index in [-0.39, 0.29) is 5.69 Å². The van der Waals surface area contributed by atoms with E-state index in [0.29, 0.717) is 11.6 Å². The quantitative estimate of drug-likeness (QED) is 0.772. The Hall–Kier alpha value is -3.02. The van der Waals surface area contributed by atoms with Gasteiger partial charge in [0.1, 0.15) is 11.4 Å². The Bertz CT molecular complexity index is 882. The molecular formula is C17H17N3O3. The molecule has 6 nitrogen and oxygen atoms in total. The number of anilines is 1.